The molecule has 0 bridgehead atoms. The smallest absolute Gasteiger partial charge is 0.387 e. The second-order valence-electron chi connectivity index (χ2n) is 7.19. The second kappa shape index (κ2) is 12.4. The number of H-pyrrole nitrogens is 1. The van der Waals surface area contributed by atoms with Gasteiger partial charge in [-0.05, 0) is 19.4 Å². The number of nitrogens with one attached hydrogen (secondary N) is 1. The number of aliphatic hydroxyl groups excluding tert-OH is 2. The molecule has 9 N–H and O–H groups in total. The van der Waals surface area contributed by atoms with E-state index in [2.05, 4.69) is 25.0 Å². The van der Waals surface area contributed by atoms with Crippen molar-refractivity contribution in [3.8, 4) is 11.8 Å². The van der Waals surface area contributed by atoms with Crippen molar-refractivity contribution >= 4 is 23.5 Å². The topological polar surface area (TPSA) is 290 Å². The zero-order valence-electron chi connectivity index (χ0n) is 18.1. The van der Waals surface area contributed by atoms with Gasteiger partial charge in [-0.3, -0.25) is 18.9 Å². The number of aromatic amines is 1. The van der Waals surface area contributed by atoms with Crippen LogP contribution in [0.5, 0.6) is 0 Å². The van der Waals surface area contributed by atoms with E-state index in [1.54, 1.807) is 0 Å². The van der Waals surface area contributed by atoms with E-state index in [1.807, 2.05) is 4.98 Å². The molecule has 2 heterocycles. The predicted octanol–water partition coefficient (Wildman–Crippen LogP) is -2.02. The molecule has 6 atom stereocenters. The predicted molar refractivity (Wildman–Crippen MR) is 117 cm³/mol. The Labute approximate surface area is 202 Å². The Bertz CT molecular complexity index is 1250. The van der Waals surface area contributed by atoms with Gasteiger partial charge in [0, 0.05) is 12.6 Å². The quantitative estimate of drug-likeness (QED) is 0.0797. The molecule has 0 amide bonds. The van der Waals surface area contributed by atoms with Gasteiger partial charge in [0.05, 0.1) is 6.61 Å². The fourth-order valence-electron chi connectivity index (χ4n) is 2.85. The molecule has 1 fully saturated rings. The molecule has 204 valence electrons. The number of unbranched alkanes of at least 4 members (excludes halogenated alkanes) is 2. The molecule has 36 heavy (non-hydrogen) atoms. The van der Waals surface area contributed by atoms with Gasteiger partial charge in [-0.15, -0.1) is 0 Å². The van der Waals surface area contributed by atoms with E-state index in [9.17, 15) is 38.4 Å². The molecule has 0 spiro atoms. The molecular weight excluding hydrogens is 555 g/mol. The Kier molecular flexibility index (Phi) is 10.5. The van der Waals surface area contributed by atoms with Gasteiger partial charge in [0.25, 0.3) is 5.56 Å². The number of aromatic nitrogens is 2. The van der Waals surface area contributed by atoms with Gasteiger partial charge >= 0.3 is 29.2 Å². The van der Waals surface area contributed by atoms with E-state index < -0.39 is 65.9 Å². The number of phosphoric ester groups is 1. The third-order valence-corrected chi connectivity index (χ3v) is 8.18. The van der Waals surface area contributed by atoms with Gasteiger partial charge in [-0.25, -0.2) is 18.5 Å². The first kappa shape index (κ1) is 30.7. The number of hydrogen-bond donors (Lipinski definition) is 8. The molecule has 1 aliphatic rings. The Morgan fingerprint density at radius 1 is 1.06 bits per heavy atom. The van der Waals surface area contributed by atoms with Gasteiger partial charge in [-0.2, -0.15) is 8.62 Å². The van der Waals surface area contributed by atoms with Crippen LogP contribution < -0.4 is 17.0 Å². The molecule has 1 aliphatic heterocycles. The molecule has 18 nitrogen and oxygen atoms in total. The van der Waals surface area contributed by atoms with Crippen molar-refractivity contribution in [3.05, 3.63) is 32.6 Å². The molecule has 21 heteroatoms. The Balaban J connectivity index is 2.14. The first-order valence-corrected chi connectivity index (χ1v) is 14.4. The van der Waals surface area contributed by atoms with Crippen molar-refractivity contribution in [3.63, 3.8) is 0 Å². The minimum atomic E-state index is -5.77. The number of hydrogen-bond acceptors (Lipinski definition) is 12. The third-order valence-electron chi connectivity index (χ3n) is 4.38. The molecule has 0 aromatic carbocycles. The van der Waals surface area contributed by atoms with Crippen LogP contribution in [0.1, 0.15) is 31.1 Å². The standard InChI is InChI=1S/C15H24N3O15P3/c16-6-4-2-1-3-5-9-7-18(15(22)17-13(9)21)14-12(20)11(19)10(31-14)8-30-35(26,27)33-36(28,29)32-34(23,24)25/h7,10-12,14,19-20H,1-2,4,6,8,16H2,(H,26,27)(H,28,29)(H,17,21,22)(H2,23,24,25)/t10-,11-,12-,14-/m1/s1. The zero-order valence-corrected chi connectivity index (χ0v) is 20.8. The van der Waals surface area contributed by atoms with Crippen molar-refractivity contribution in [2.45, 2.75) is 43.8 Å². The number of rotatable bonds is 11. The molecule has 1 saturated heterocycles. The second-order valence-corrected chi connectivity index (χ2v) is 11.6. The van der Waals surface area contributed by atoms with E-state index in [0.29, 0.717) is 30.4 Å². The van der Waals surface area contributed by atoms with Crippen LogP contribution in [0, 0.1) is 11.8 Å². The van der Waals surface area contributed by atoms with Crippen LogP contribution in [0.15, 0.2) is 15.8 Å². The van der Waals surface area contributed by atoms with Crippen LogP contribution in [0.3, 0.4) is 0 Å². The van der Waals surface area contributed by atoms with Gasteiger partial charge in [0.2, 0.25) is 0 Å². The lowest BCUT2D eigenvalue weighted by molar-refractivity contribution is -0.0542. The Morgan fingerprint density at radius 3 is 2.33 bits per heavy atom. The molecule has 2 rings (SSSR count). The first-order valence-electron chi connectivity index (χ1n) is 9.89. The average molecular weight is 579 g/mol. The highest BCUT2D eigenvalue weighted by Gasteiger charge is 2.46. The Hall–Kier alpha value is -1.51. The van der Waals surface area contributed by atoms with Crippen molar-refractivity contribution in [2.24, 2.45) is 5.73 Å². The Morgan fingerprint density at radius 2 is 1.72 bits per heavy atom. The summed E-state index contributed by atoms with van der Waals surface area (Å²) in [5.41, 5.74) is 3.35. The lowest BCUT2D eigenvalue weighted by atomic mass is 10.1. The van der Waals surface area contributed by atoms with E-state index in [4.69, 9.17) is 25.2 Å². The number of phosphoric acid groups is 3. The summed E-state index contributed by atoms with van der Waals surface area (Å²) in [7, 11) is -16.9. The van der Waals surface area contributed by atoms with Crippen molar-refractivity contribution in [1.82, 2.24) is 9.55 Å². The van der Waals surface area contributed by atoms with E-state index in [0.717, 1.165) is 6.20 Å². The van der Waals surface area contributed by atoms with Gasteiger partial charge in [0.1, 0.15) is 23.9 Å². The van der Waals surface area contributed by atoms with E-state index in [-0.39, 0.29) is 5.56 Å². The highest BCUT2D eigenvalue weighted by Crippen LogP contribution is 2.66. The maximum Gasteiger partial charge on any atom is 0.490 e. The molecule has 1 aromatic rings. The van der Waals surface area contributed by atoms with Gasteiger partial charge < -0.3 is 40.3 Å². The average Bonchev–Trinajstić information content (AvgIpc) is 2.99. The summed E-state index contributed by atoms with van der Waals surface area (Å²) in [6, 6.07) is 0. The maximum atomic E-state index is 12.2. The first-order chi connectivity index (χ1) is 16.6. The van der Waals surface area contributed by atoms with Crippen LogP contribution >= 0.6 is 23.5 Å². The van der Waals surface area contributed by atoms with Crippen LogP contribution in [-0.4, -0.2) is 70.8 Å². The molecule has 2 unspecified atom stereocenters. The molecule has 0 saturated carbocycles. The fraction of sp³-hybridized carbons (Fsp3) is 0.600. The van der Waals surface area contributed by atoms with Crippen molar-refractivity contribution in [2.75, 3.05) is 13.2 Å². The summed E-state index contributed by atoms with van der Waals surface area (Å²) in [5.74, 6) is 5.28. The number of aliphatic hydroxyl groups is 2. The summed E-state index contributed by atoms with van der Waals surface area (Å²) in [6.45, 7) is -0.611. The lowest BCUT2D eigenvalue weighted by Crippen LogP contribution is -2.38. The van der Waals surface area contributed by atoms with Crippen LogP contribution in [0.2, 0.25) is 0 Å². The monoisotopic (exact) mass is 579 g/mol. The molecule has 0 aliphatic carbocycles. The van der Waals surface area contributed by atoms with Gasteiger partial charge in [0.15, 0.2) is 6.23 Å². The number of ether oxygens (including phenoxy) is 1. The highest BCUT2D eigenvalue weighted by molar-refractivity contribution is 7.66. The minimum Gasteiger partial charge on any atom is -0.387 e. The van der Waals surface area contributed by atoms with Gasteiger partial charge in [-0.1, -0.05) is 11.8 Å². The maximum absolute atomic E-state index is 12.2. The zero-order chi connectivity index (χ0) is 27.3. The summed E-state index contributed by atoms with van der Waals surface area (Å²) in [6.07, 6.45) is -4.14. The van der Waals surface area contributed by atoms with E-state index in [1.165, 1.54) is 0 Å². The van der Waals surface area contributed by atoms with Crippen LogP contribution in [-0.2, 0) is 31.6 Å². The van der Waals surface area contributed by atoms with Crippen LogP contribution in [0.4, 0.5) is 0 Å². The summed E-state index contributed by atoms with van der Waals surface area (Å²) < 4.78 is 51.3. The van der Waals surface area contributed by atoms with Crippen LogP contribution in [0.25, 0.3) is 0 Å². The lowest BCUT2D eigenvalue weighted by Gasteiger charge is -2.19. The highest BCUT2D eigenvalue weighted by atomic mass is 31.3. The SMILES string of the molecule is NCCCCC#Cc1cn([C@@H]2O[C@H](COP(=O)(O)OP(=O)(O)OP(=O)(O)O)[C@@H](O)[C@H]2O)c(=O)[nH]c1=O. The molecular formula is C15H24N3O15P3. The number of nitrogens with two attached hydrogens (primary N) is 1. The van der Waals surface area contributed by atoms with E-state index >= 15 is 0 Å². The fourth-order valence-corrected chi connectivity index (χ4v) is 5.88. The summed E-state index contributed by atoms with van der Waals surface area (Å²) in [5, 5.41) is 20.5. The molecule has 0 radical (unpaired) electrons. The van der Waals surface area contributed by atoms with Crippen molar-refractivity contribution < 1.29 is 61.4 Å². The van der Waals surface area contributed by atoms with Crippen molar-refractivity contribution in [1.29, 1.82) is 0 Å². The third kappa shape index (κ3) is 9.10. The summed E-state index contributed by atoms with van der Waals surface area (Å²) >= 11 is 0. The minimum absolute atomic E-state index is 0.163. The number of nitrogens with zero attached hydrogens (tertiary/aromatic N) is 1. The molecule has 1 aromatic heterocycles. The largest absolute Gasteiger partial charge is 0.490 e. The normalized spacial score (nSPS) is 25.5. The summed E-state index contributed by atoms with van der Waals surface area (Å²) in [4.78, 5) is 61.9.